The minimum atomic E-state index is -0.261. The third-order valence-corrected chi connectivity index (χ3v) is 3.71. The van der Waals surface area contributed by atoms with Crippen LogP contribution in [0.2, 0.25) is 5.02 Å². The van der Waals surface area contributed by atoms with Gasteiger partial charge in [-0.15, -0.1) is 0 Å². The number of benzene rings is 2. The van der Waals surface area contributed by atoms with E-state index >= 15 is 0 Å². The van der Waals surface area contributed by atoms with E-state index in [-0.39, 0.29) is 11.9 Å². The Balaban J connectivity index is 2.15. The molecule has 0 aliphatic carbocycles. The van der Waals surface area contributed by atoms with E-state index in [0.29, 0.717) is 22.9 Å². The minimum Gasteiger partial charge on any atom is -0.324 e. The van der Waals surface area contributed by atoms with Crippen molar-refractivity contribution in [3.8, 4) is 0 Å². The van der Waals surface area contributed by atoms with Crippen LogP contribution in [0.5, 0.6) is 0 Å². The Hall–Kier alpha value is -1.38. The molecule has 0 heterocycles. The first kappa shape index (κ1) is 15.0. The van der Waals surface area contributed by atoms with Crippen LogP contribution in [0.3, 0.4) is 0 Å². The highest BCUT2D eigenvalue weighted by Gasteiger charge is 2.11. The topological polar surface area (TPSA) is 26.0 Å². The quantitative estimate of drug-likeness (QED) is 0.856. The van der Waals surface area contributed by atoms with Crippen molar-refractivity contribution in [1.29, 1.82) is 0 Å². The van der Waals surface area contributed by atoms with Gasteiger partial charge >= 0.3 is 0 Å². The lowest BCUT2D eigenvalue weighted by Crippen LogP contribution is -2.14. The van der Waals surface area contributed by atoms with Crippen molar-refractivity contribution >= 4 is 11.6 Å². The molecule has 1 nitrogen and oxygen atoms in total. The number of nitrogens with two attached hydrogens (primary N) is 1. The van der Waals surface area contributed by atoms with Gasteiger partial charge in [-0.25, -0.2) is 4.39 Å². The molecule has 1 atom stereocenters. The van der Waals surface area contributed by atoms with Crippen LogP contribution < -0.4 is 5.73 Å². The maximum absolute atomic E-state index is 13.7. The normalized spacial score (nSPS) is 12.7. The van der Waals surface area contributed by atoms with Gasteiger partial charge in [0.2, 0.25) is 0 Å². The molecule has 0 radical (unpaired) electrons. The SMILES string of the molecule is CC(C)c1ccc(C(N)Cc2cc(Cl)ccc2F)cc1. The van der Waals surface area contributed by atoms with Gasteiger partial charge < -0.3 is 5.73 Å². The zero-order valence-electron chi connectivity index (χ0n) is 11.7. The molecule has 0 bridgehead atoms. The van der Waals surface area contributed by atoms with Crippen molar-refractivity contribution in [3.63, 3.8) is 0 Å². The molecular weight excluding hydrogens is 273 g/mol. The third kappa shape index (κ3) is 3.59. The summed E-state index contributed by atoms with van der Waals surface area (Å²) in [6, 6.07) is 12.5. The molecule has 2 aromatic rings. The first-order chi connectivity index (χ1) is 9.47. The van der Waals surface area contributed by atoms with Gasteiger partial charge in [0.1, 0.15) is 5.82 Å². The van der Waals surface area contributed by atoms with Crippen LogP contribution in [0.4, 0.5) is 4.39 Å². The van der Waals surface area contributed by atoms with Gasteiger partial charge in [-0.1, -0.05) is 49.7 Å². The van der Waals surface area contributed by atoms with E-state index < -0.39 is 0 Å². The van der Waals surface area contributed by atoms with Gasteiger partial charge in [-0.05, 0) is 47.2 Å². The van der Waals surface area contributed by atoms with Crippen LogP contribution in [0.25, 0.3) is 0 Å². The second-order valence-corrected chi connectivity index (χ2v) is 5.80. The van der Waals surface area contributed by atoms with E-state index in [1.807, 2.05) is 12.1 Å². The van der Waals surface area contributed by atoms with Crippen LogP contribution in [-0.2, 0) is 6.42 Å². The Bertz CT molecular complexity index is 578. The second-order valence-electron chi connectivity index (χ2n) is 5.37. The van der Waals surface area contributed by atoms with Crippen LogP contribution >= 0.6 is 11.6 Å². The van der Waals surface area contributed by atoms with Crippen LogP contribution in [0.1, 0.15) is 42.5 Å². The zero-order valence-corrected chi connectivity index (χ0v) is 12.5. The summed E-state index contributed by atoms with van der Waals surface area (Å²) >= 11 is 5.89. The molecule has 1 unspecified atom stereocenters. The lowest BCUT2D eigenvalue weighted by molar-refractivity contribution is 0.593. The molecule has 0 fully saturated rings. The molecule has 2 rings (SSSR count). The van der Waals surface area contributed by atoms with E-state index in [1.54, 1.807) is 12.1 Å². The Labute approximate surface area is 124 Å². The van der Waals surface area contributed by atoms with Crippen LogP contribution in [-0.4, -0.2) is 0 Å². The number of hydrogen-bond acceptors (Lipinski definition) is 1. The summed E-state index contributed by atoms with van der Waals surface area (Å²) in [4.78, 5) is 0. The lowest BCUT2D eigenvalue weighted by Gasteiger charge is -2.14. The Morgan fingerprint density at radius 2 is 1.65 bits per heavy atom. The van der Waals surface area contributed by atoms with Crippen molar-refractivity contribution in [1.82, 2.24) is 0 Å². The predicted molar refractivity (Wildman–Crippen MR) is 82.6 cm³/mol. The highest BCUT2D eigenvalue weighted by atomic mass is 35.5. The van der Waals surface area contributed by atoms with Crippen molar-refractivity contribution in [2.24, 2.45) is 5.73 Å². The second kappa shape index (κ2) is 6.38. The first-order valence-electron chi connectivity index (χ1n) is 6.76. The summed E-state index contributed by atoms with van der Waals surface area (Å²) in [7, 11) is 0. The number of halogens is 2. The molecule has 0 aromatic heterocycles. The van der Waals surface area contributed by atoms with Gasteiger partial charge in [-0.3, -0.25) is 0 Å². The van der Waals surface area contributed by atoms with Crippen LogP contribution in [0.15, 0.2) is 42.5 Å². The van der Waals surface area contributed by atoms with E-state index in [4.69, 9.17) is 17.3 Å². The zero-order chi connectivity index (χ0) is 14.7. The molecular formula is C17H19ClFN. The molecule has 0 aliphatic rings. The highest BCUT2D eigenvalue weighted by Crippen LogP contribution is 2.23. The largest absolute Gasteiger partial charge is 0.324 e. The summed E-state index contributed by atoms with van der Waals surface area (Å²) in [6.07, 6.45) is 0.438. The summed E-state index contributed by atoms with van der Waals surface area (Å²) in [5.74, 6) is 0.231. The van der Waals surface area contributed by atoms with Gasteiger partial charge in [0, 0.05) is 11.1 Å². The molecule has 2 aromatic carbocycles. The molecule has 2 N–H and O–H groups in total. The van der Waals surface area contributed by atoms with E-state index in [9.17, 15) is 4.39 Å². The Kier molecular flexibility index (Phi) is 4.79. The maximum Gasteiger partial charge on any atom is 0.126 e. The van der Waals surface area contributed by atoms with Gasteiger partial charge in [0.15, 0.2) is 0 Å². The van der Waals surface area contributed by atoms with Crippen LogP contribution in [0, 0.1) is 5.82 Å². The summed E-state index contributed by atoms with van der Waals surface area (Å²) in [5.41, 5.74) is 9.00. The number of hydrogen-bond donors (Lipinski definition) is 1. The predicted octanol–water partition coefficient (Wildman–Crippen LogP) is 4.85. The molecule has 0 amide bonds. The fourth-order valence-electron chi connectivity index (χ4n) is 2.18. The smallest absolute Gasteiger partial charge is 0.126 e. The van der Waals surface area contributed by atoms with E-state index in [0.717, 1.165) is 5.56 Å². The average molecular weight is 292 g/mol. The van der Waals surface area contributed by atoms with Gasteiger partial charge in [0.25, 0.3) is 0 Å². The molecule has 0 aliphatic heterocycles. The standard InChI is InChI=1S/C17H19ClFN/c1-11(2)12-3-5-13(6-4-12)17(20)10-14-9-15(18)7-8-16(14)19/h3-9,11,17H,10,20H2,1-2H3. The monoisotopic (exact) mass is 291 g/mol. The fourth-order valence-corrected chi connectivity index (χ4v) is 2.38. The van der Waals surface area contributed by atoms with Gasteiger partial charge in [0.05, 0.1) is 0 Å². The number of rotatable bonds is 4. The summed E-state index contributed by atoms with van der Waals surface area (Å²) < 4.78 is 13.7. The highest BCUT2D eigenvalue weighted by molar-refractivity contribution is 6.30. The van der Waals surface area contributed by atoms with Crippen molar-refractivity contribution < 1.29 is 4.39 Å². The van der Waals surface area contributed by atoms with E-state index in [2.05, 4.69) is 26.0 Å². The molecule has 0 spiro atoms. The maximum atomic E-state index is 13.7. The van der Waals surface area contributed by atoms with Crippen molar-refractivity contribution in [2.75, 3.05) is 0 Å². The summed E-state index contributed by atoms with van der Waals surface area (Å²) in [6.45, 7) is 4.30. The molecule has 106 valence electrons. The van der Waals surface area contributed by atoms with Crippen molar-refractivity contribution in [2.45, 2.75) is 32.2 Å². The Morgan fingerprint density at radius 3 is 2.25 bits per heavy atom. The molecule has 0 saturated carbocycles. The van der Waals surface area contributed by atoms with Gasteiger partial charge in [-0.2, -0.15) is 0 Å². The molecule has 20 heavy (non-hydrogen) atoms. The molecule has 0 saturated heterocycles. The Morgan fingerprint density at radius 1 is 1.05 bits per heavy atom. The summed E-state index contributed by atoms with van der Waals surface area (Å²) in [5, 5.41) is 0.531. The minimum absolute atomic E-state index is 0.232. The van der Waals surface area contributed by atoms with Crippen molar-refractivity contribution in [3.05, 3.63) is 70.0 Å². The average Bonchev–Trinajstić information content (AvgIpc) is 2.43. The lowest BCUT2D eigenvalue weighted by atomic mass is 9.96. The van der Waals surface area contributed by atoms with E-state index in [1.165, 1.54) is 11.6 Å². The molecule has 3 heteroatoms. The fraction of sp³-hybridized carbons (Fsp3) is 0.294. The third-order valence-electron chi connectivity index (χ3n) is 3.48. The first-order valence-corrected chi connectivity index (χ1v) is 7.14.